The molecule has 0 aliphatic carbocycles. The summed E-state index contributed by atoms with van der Waals surface area (Å²) in [4.78, 5) is 4.35. The number of nitrogens with one attached hydrogen (secondary N) is 1. The van der Waals surface area contributed by atoms with Crippen molar-refractivity contribution >= 4 is 16.9 Å². The molecule has 1 saturated heterocycles. The Morgan fingerprint density at radius 1 is 1.44 bits per heavy atom. The summed E-state index contributed by atoms with van der Waals surface area (Å²) in [5, 5.41) is 32.8. The molecule has 6 atom stereocenters. The average molecular weight is 276 g/mol. The van der Waals surface area contributed by atoms with E-state index < -0.39 is 24.4 Å². The Morgan fingerprint density at radius 3 is 2.78 bits per heavy atom. The van der Waals surface area contributed by atoms with Gasteiger partial charge in [-0.15, -0.1) is 0 Å². The van der Waals surface area contributed by atoms with Crippen LogP contribution in [0.1, 0.15) is 20.3 Å². The Labute approximate surface area is 110 Å². The van der Waals surface area contributed by atoms with E-state index in [0.29, 0.717) is 6.04 Å². The van der Waals surface area contributed by atoms with E-state index in [0.717, 1.165) is 11.6 Å². The average Bonchev–Trinajstić information content (AvgIpc) is 2.76. The second-order valence-corrected chi connectivity index (χ2v) is 5.79. The number of hydrogen-bond acceptors (Lipinski definition) is 7. The number of hydrogen-bond donors (Lipinski definition) is 4. The first-order valence-corrected chi connectivity index (χ1v) is 7.08. The zero-order valence-corrected chi connectivity index (χ0v) is 11.3. The Bertz CT molecular complexity index is 328. The zero-order valence-electron chi connectivity index (χ0n) is 10.5. The largest absolute Gasteiger partial charge is 0.394 e. The number of aliphatic hydroxyl groups is 3. The third-order valence-electron chi connectivity index (χ3n) is 3.32. The van der Waals surface area contributed by atoms with Crippen LogP contribution in [0.5, 0.6) is 0 Å². The third kappa shape index (κ3) is 2.65. The maximum Gasteiger partial charge on any atom is 0.159 e. The molecule has 1 unspecified atom stereocenters. The lowest BCUT2D eigenvalue weighted by atomic mass is 9.99. The van der Waals surface area contributed by atoms with Crippen LogP contribution in [0.25, 0.3) is 0 Å². The van der Waals surface area contributed by atoms with Gasteiger partial charge >= 0.3 is 0 Å². The Hall–Kier alpha value is -0.340. The summed E-state index contributed by atoms with van der Waals surface area (Å²) in [6.45, 7) is 3.81. The number of aliphatic hydroxyl groups excluding tert-OH is 3. The molecular weight excluding hydrogens is 256 g/mol. The predicted molar refractivity (Wildman–Crippen MR) is 69.5 cm³/mol. The normalized spacial score (nSPS) is 41.2. The first kappa shape index (κ1) is 14.1. The summed E-state index contributed by atoms with van der Waals surface area (Å²) >= 11 is 1.40. The molecule has 2 heterocycles. The first-order valence-electron chi connectivity index (χ1n) is 6.20. The van der Waals surface area contributed by atoms with Gasteiger partial charge < -0.3 is 25.4 Å². The predicted octanol–water partition coefficient (Wildman–Crippen LogP) is -0.715. The van der Waals surface area contributed by atoms with Crippen LogP contribution in [0.15, 0.2) is 4.99 Å². The highest BCUT2D eigenvalue weighted by Crippen LogP contribution is 2.35. The smallest absolute Gasteiger partial charge is 0.159 e. The van der Waals surface area contributed by atoms with Gasteiger partial charge in [-0.2, -0.15) is 0 Å². The van der Waals surface area contributed by atoms with Gasteiger partial charge in [-0.3, -0.25) is 4.99 Å². The number of aliphatic imine (C=N–C) groups is 1. The van der Waals surface area contributed by atoms with E-state index in [1.165, 1.54) is 11.8 Å². The summed E-state index contributed by atoms with van der Waals surface area (Å²) in [5.41, 5.74) is -0.341. The van der Waals surface area contributed by atoms with Gasteiger partial charge in [-0.1, -0.05) is 18.7 Å². The van der Waals surface area contributed by atoms with Crippen LogP contribution in [-0.4, -0.2) is 62.9 Å². The van der Waals surface area contributed by atoms with Crippen molar-refractivity contribution in [3.05, 3.63) is 0 Å². The number of nitrogens with zero attached hydrogens (tertiary/aromatic N) is 1. The molecule has 0 bridgehead atoms. The standard InChI is InChI=1S/C11H20N2O4S/c1-3-5(2)12-11-13-7-9(16)8(15)6(4-14)17-10(7)18-11/h5-10,14-16H,3-4H2,1-2H3,(H,12,13)/t5?,6-,7-,8-,9-,10-/m1/s1. The number of fused-ring (bicyclic) bond motifs is 1. The van der Waals surface area contributed by atoms with E-state index in [-0.39, 0.29) is 12.0 Å². The molecule has 0 saturated carbocycles. The topological polar surface area (TPSA) is 94.3 Å². The molecule has 0 aromatic heterocycles. The van der Waals surface area contributed by atoms with Crippen LogP contribution in [0.4, 0.5) is 0 Å². The van der Waals surface area contributed by atoms with E-state index >= 15 is 0 Å². The highest BCUT2D eigenvalue weighted by atomic mass is 32.2. The fourth-order valence-corrected chi connectivity index (χ4v) is 3.19. The number of amidine groups is 1. The maximum atomic E-state index is 9.97. The minimum atomic E-state index is -1.09. The van der Waals surface area contributed by atoms with E-state index in [2.05, 4.69) is 17.2 Å². The molecule has 0 aromatic carbocycles. The van der Waals surface area contributed by atoms with E-state index in [1.807, 2.05) is 6.92 Å². The fraction of sp³-hybridized carbons (Fsp3) is 0.909. The van der Waals surface area contributed by atoms with Gasteiger partial charge in [0.25, 0.3) is 0 Å². The van der Waals surface area contributed by atoms with Crippen LogP contribution in [0, 0.1) is 0 Å². The molecule has 0 radical (unpaired) electrons. The van der Waals surface area contributed by atoms with Gasteiger partial charge in [0.15, 0.2) is 5.17 Å². The number of rotatable bonds is 3. The van der Waals surface area contributed by atoms with Crippen LogP contribution in [0.2, 0.25) is 0 Å². The maximum absolute atomic E-state index is 9.97. The summed E-state index contributed by atoms with van der Waals surface area (Å²) in [7, 11) is 0. The molecule has 1 fully saturated rings. The molecule has 0 spiro atoms. The van der Waals surface area contributed by atoms with E-state index in [9.17, 15) is 10.2 Å². The quantitative estimate of drug-likeness (QED) is 0.544. The zero-order chi connectivity index (χ0) is 13.3. The molecular formula is C11H20N2O4S. The monoisotopic (exact) mass is 276 g/mol. The lowest BCUT2D eigenvalue weighted by molar-refractivity contribution is -0.164. The molecule has 104 valence electrons. The summed E-state index contributed by atoms with van der Waals surface area (Å²) in [5.74, 6) is 0. The molecule has 7 heteroatoms. The van der Waals surface area contributed by atoms with Crippen molar-refractivity contribution in [3.63, 3.8) is 0 Å². The van der Waals surface area contributed by atoms with Gasteiger partial charge in [0.05, 0.1) is 6.61 Å². The van der Waals surface area contributed by atoms with Crippen molar-refractivity contribution in [2.45, 2.75) is 56.1 Å². The van der Waals surface area contributed by atoms with Gasteiger partial charge in [-0.25, -0.2) is 0 Å². The van der Waals surface area contributed by atoms with Gasteiger partial charge in [-0.05, 0) is 13.3 Å². The number of ether oxygens (including phenoxy) is 1. The SMILES string of the molecule is CCC(C)NC1=N[C@@H]2[C@@H](O)[C@H](O)[C@@H](CO)O[C@@H]2S1. The van der Waals surface area contributed by atoms with Crippen LogP contribution in [-0.2, 0) is 4.74 Å². The molecule has 6 nitrogen and oxygen atoms in total. The van der Waals surface area contributed by atoms with Crippen LogP contribution < -0.4 is 5.32 Å². The Balaban J connectivity index is 2.03. The first-order chi connectivity index (χ1) is 8.56. The molecule has 0 amide bonds. The van der Waals surface area contributed by atoms with Crippen LogP contribution in [0.3, 0.4) is 0 Å². The van der Waals surface area contributed by atoms with Gasteiger partial charge in [0, 0.05) is 6.04 Å². The summed E-state index contributed by atoms with van der Waals surface area (Å²) in [6.07, 6.45) is -1.86. The molecule has 0 aromatic rings. The molecule has 4 N–H and O–H groups in total. The molecule has 18 heavy (non-hydrogen) atoms. The van der Waals surface area contributed by atoms with E-state index in [1.54, 1.807) is 0 Å². The second-order valence-electron chi connectivity index (χ2n) is 4.70. The van der Waals surface area contributed by atoms with Crippen molar-refractivity contribution in [1.82, 2.24) is 5.32 Å². The van der Waals surface area contributed by atoms with E-state index in [4.69, 9.17) is 9.84 Å². The molecule has 2 aliphatic heterocycles. The molecule has 2 rings (SSSR count). The lowest BCUT2D eigenvalue weighted by Crippen LogP contribution is -2.55. The summed E-state index contributed by atoms with van der Waals surface area (Å²) in [6, 6.07) is -0.175. The van der Waals surface area contributed by atoms with Crippen molar-refractivity contribution < 1.29 is 20.1 Å². The van der Waals surface area contributed by atoms with Crippen molar-refractivity contribution in [1.29, 1.82) is 0 Å². The highest BCUT2D eigenvalue weighted by molar-refractivity contribution is 8.14. The highest BCUT2D eigenvalue weighted by Gasteiger charge is 2.48. The molecule has 2 aliphatic rings. The minimum Gasteiger partial charge on any atom is -0.394 e. The lowest BCUT2D eigenvalue weighted by Gasteiger charge is -2.37. The van der Waals surface area contributed by atoms with Crippen molar-refractivity contribution in [2.24, 2.45) is 4.99 Å². The van der Waals surface area contributed by atoms with Gasteiger partial charge in [0.1, 0.15) is 29.8 Å². The minimum absolute atomic E-state index is 0.298. The Morgan fingerprint density at radius 2 is 2.17 bits per heavy atom. The van der Waals surface area contributed by atoms with Crippen LogP contribution >= 0.6 is 11.8 Å². The van der Waals surface area contributed by atoms with Crippen molar-refractivity contribution in [2.75, 3.05) is 6.61 Å². The third-order valence-corrected chi connectivity index (χ3v) is 4.39. The fourth-order valence-electron chi connectivity index (χ4n) is 1.96. The number of thioether (sulfide) groups is 1. The second kappa shape index (κ2) is 5.75. The van der Waals surface area contributed by atoms with Crippen molar-refractivity contribution in [3.8, 4) is 0 Å². The summed E-state index contributed by atoms with van der Waals surface area (Å²) < 4.78 is 5.54. The van der Waals surface area contributed by atoms with Gasteiger partial charge in [0.2, 0.25) is 0 Å². The Kier molecular flexibility index (Phi) is 4.50.